The van der Waals surface area contributed by atoms with Gasteiger partial charge in [-0.3, -0.25) is 4.79 Å². The molecule has 1 aromatic rings. The number of hydrogen-bond acceptors (Lipinski definition) is 1. The summed E-state index contributed by atoms with van der Waals surface area (Å²) in [6.07, 6.45) is 5.23. The monoisotopic (exact) mass is 273 g/mol. The zero-order valence-electron chi connectivity index (χ0n) is 13.0. The lowest BCUT2D eigenvalue weighted by Crippen LogP contribution is -2.40. The van der Waals surface area contributed by atoms with Crippen LogP contribution in [-0.2, 0) is 11.2 Å². The first kappa shape index (κ1) is 15.1. The van der Waals surface area contributed by atoms with Crippen LogP contribution in [0.25, 0.3) is 0 Å². The molecule has 110 valence electrons. The van der Waals surface area contributed by atoms with Crippen LogP contribution in [0.4, 0.5) is 0 Å². The van der Waals surface area contributed by atoms with Crippen LogP contribution in [0.15, 0.2) is 30.3 Å². The van der Waals surface area contributed by atoms with Crippen LogP contribution in [-0.4, -0.2) is 11.9 Å². The summed E-state index contributed by atoms with van der Waals surface area (Å²) in [7, 11) is 0. The summed E-state index contributed by atoms with van der Waals surface area (Å²) in [5, 5.41) is 3.20. The number of benzene rings is 1. The lowest BCUT2D eigenvalue weighted by Gasteiger charge is -2.37. The van der Waals surface area contributed by atoms with Crippen molar-refractivity contribution in [3.63, 3.8) is 0 Å². The van der Waals surface area contributed by atoms with E-state index in [1.165, 1.54) is 12.8 Å². The van der Waals surface area contributed by atoms with Gasteiger partial charge in [0.25, 0.3) is 0 Å². The van der Waals surface area contributed by atoms with Crippen molar-refractivity contribution in [1.82, 2.24) is 5.32 Å². The molecule has 0 saturated heterocycles. The van der Waals surface area contributed by atoms with Crippen molar-refractivity contribution in [2.45, 2.75) is 58.9 Å². The van der Waals surface area contributed by atoms with E-state index in [9.17, 15) is 4.79 Å². The average Bonchev–Trinajstić information content (AvgIpc) is 2.39. The maximum Gasteiger partial charge on any atom is 0.224 e. The molecule has 1 aliphatic rings. The second kappa shape index (κ2) is 6.43. The summed E-state index contributed by atoms with van der Waals surface area (Å²) in [6, 6.07) is 10.3. The topological polar surface area (TPSA) is 29.1 Å². The molecule has 0 radical (unpaired) electrons. The Morgan fingerprint density at radius 3 is 2.25 bits per heavy atom. The number of amides is 1. The fourth-order valence-corrected chi connectivity index (χ4v) is 3.16. The van der Waals surface area contributed by atoms with Gasteiger partial charge in [-0.2, -0.15) is 0 Å². The molecule has 0 spiro atoms. The Bertz CT molecular complexity index is 424. The van der Waals surface area contributed by atoms with E-state index in [0.29, 0.717) is 17.9 Å². The normalized spacial score (nSPS) is 23.4. The summed E-state index contributed by atoms with van der Waals surface area (Å²) in [6.45, 7) is 6.98. The van der Waals surface area contributed by atoms with Gasteiger partial charge < -0.3 is 5.32 Å². The molecule has 2 rings (SSSR count). The van der Waals surface area contributed by atoms with Crippen molar-refractivity contribution in [1.29, 1.82) is 0 Å². The zero-order valence-corrected chi connectivity index (χ0v) is 13.0. The van der Waals surface area contributed by atoms with Crippen LogP contribution >= 0.6 is 0 Å². The molecule has 1 fully saturated rings. The standard InChI is InChI=1S/C18H27NO/c1-18(2,3)15-9-11-16(12-10-15)19-17(20)13-14-7-5-4-6-8-14/h4-8,15-16H,9-13H2,1-3H3,(H,19,20). The molecular formula is C18H27NO. The second-order valence-corrected chi connectivity index (χ2v) is 7.14. The molecule has 1 aliphatic carbocycles. The van der Waals surface area contributed by atoms with E-state index >= 15 is 0 Å². The summed E-state index contributed by atoms with van der Waals surface area (Å²) in [5.74, 6) is 0.959. The van der Waals surface area contributed by atoms with E-state index in [0.717, 1.165) is 24.3 Å². The number of nitrogens with one attached hydrogen (secondary N) is 1. The van der Waals surface area contributed by atoms with Crippen molar-refractivity contribution in [3.05, 3.63) is 35.9 Å². The van der Waals surface area contributed by atoms with Gasteiger partial charge in [-0.05, 0) is 42.6 Å². The van der Waals surface area contributed by atoms with Crippen LogP contribution in [0.3, 0.4) is 0 Å². The fourth-order valence-electron chi connectivity index (χ4n) is 3.16. The van der Waals surface area contributed by atoms with Gasteiger partial charge in [0.1, 0.15) is 0 Å². The first-order valence-electron chi connectivity index (χ1n) is 7.78. The van der Waals surface area contributed by atoms with E-state index in [1.54, 1.807) is 0 Å². The van der Waals surface area contributed by atoms with Gasteiger partial charge in [0.05, 0.1) is 6.42 Å². The van der Waals surface area contributed by atoms with E-state index in [1.807, 2.05) is 30.3 Å². The quantitative estimate of drug-likeness (QED) is 0.887. The van der Waals surface area contributed by atoms with E-state index in [2.05, 4.69) is 26.1 Å². The minimum absolute atomic E-state index is 0.162. The molecule has 0 atom stereocenters. The maximum absolute atomic E-state index is 12.0. The Morgan fingerprint density at radius 1 is 1.10 bits per heavy atom. The largest absolute Gasteiger partial charge is 0.353 e. The SMILES string of the molecule is CC(C)(C)C1CCC(NC(=O)Cc2ccccc2)CC1. The molecule has 2 nitrogen and oxygen atoms in total. The third-order valence-electron chi connectivity index (χ3n) is 4.52. The third kappa shape index (κ3) is 4.36. The molecule has 1 saturated carbocycles. The van der Waals surface area contributed by atoms with Crippen molar-refractivity contribution < 1.29 is 4.79 Å². The number of rotatable bonds is 3. The highest BCUT2D eigenvalue weighted by atomic mass is 16.1. The van der Waals surface area contributed by atoms with Gasteiger partial charge in [-0.15, -0.1) is 0 Å². The van der Waals surface area contributed by atoms with Crippen molar-refractivity contribution in [2.24, 2.45) is 11.3 Å². The Labute approximate surface area is 123 Å². The van der Waals surface area contributed by atoms with Gasteiger partial charge >= 0.3 is 0 Å². The fraction of sp³-hybridized carbons (Fsp3) is 0.611. The lowest BCUT2D eigenvalue weighted by atomic mass is 9.71. The predicted molar refractivity (Wildman–Crippen MR) is 83.5 cm³/mol. The Kier molecular flexibility index (Phi) is 4.85. The number of carbonyl (C=O) groups is 1. The highest BCUT2D eigenvalue weighted by Gasteiger charge is 2.30. The van der Waals surface area contributed by atoms with Crippen molar-refractivity contribution in [3.8, 4) is 0 Å². The van der Waals surface area contributed by atoms with E-state index in [-0.39, 0.29) is 5.91 Å². The molecule has 1 N–H and O–H groups in total. The third-order valence-corrected chi connectivity index (χ3v) is 4.52. The lowest BCUT2D eigenvalue weighted by molar-refractivity contribution is -0.121. The van der Waals surface area contributed by atoms with Crippen LogP contribution in [0.5, 0.6) is 0 Å². The highest BCUT2D eigenvalue weighted by Crippen LogP contribution is 2.37. The van der Waals surface area contributed by atoms with Crippen molar-refractivity contribution in [2.75, 3.05) is 0 Å². The Morgan fingerprint density at radius 2 is 1.70 bits per heavy atom. The molecule has 1 aromatic carbocycles. The first-order valence-corrected chi connectivity index (χ1v) is 7.78. The molecular weight excluding hydrogens is 246 g/mol. The van der Waals surface area contributed by atoms with Crippen molar-refractivity contribution >= 4 is 5.91 Å². The van der Waals surface area contributed by atoms with Gasteiger partial charge in [0, 0.05) is 6.04 Å². The molecule has 0 bridgehead atoms. The van der Waals surface area contributed by atoms with Crippen LogP contribution < -0.4 is 5.32 Å². The maximum atomic E-state index is 12.0. The Balaban J connectivity index is 1.77. The van der Waals surface area contributed by atoms with E-state index in [4.69, 9.17) is 0 Å². The van der Waals surface area contributed by atoms with Crippen LogP contribution in [0.1, 0.15) is 52.0 Å². The molecule has 20 heavy (non-hydrogen) atoms. The molecule has 2 heteroatoms. The predicted octanol–water partition coefficient (Wildman–Crippen LogP) is 3.95. The highest BCUT2D eigenvalue weighted by molar-refractivity contribution is 5.78. The number of carbonyl (C=O) groups excluding carboxylic acids is 1. The minimum atomic E-state index is 0.162. The summed E-state index contributed by atoms with van der Waals surface area (Å²) in [4.78, 5) is 12.0. The summed E-state index contributed by atoms with van der Waals surface area (Å²) >= 11 is 0. The van der Waals surface area contributed by atoms with Gasteiger partial charge in [-0.25, -0.2) is 0 Å². The first-order chi connectivity index (χ1) is 9.45. The molecule has 1 amide bonds. The zero-order chi connectivity index (χ0) is 14.6. The number of hydrogen-bond donors (Lipinski definition) is 1. The smallest absolute Gasteiger partial charge is 0.224 e. The summed E-state index contributed by atoms with van der Waals surface area (Å²) in [5.41, 5.74) is 1.49. The van der Waals surface area contributed by atoms with Crippen LogP contribution in [0, 0.1) is 11.3 Å². The minimum Gasteiger partial charge on any atom is -0.353 e. The second-order valence-electron chi connectivity index (χ2n) is 7.14. The van der Waals surface area contributed by atoms with Gasteiger partial charge in [0.2, 0.25) is 5.91 Å². The Hall–Kier alpha value is -1.31. The molecule has 0 aliphatic heterocycles. The van der Waals surface area contributed by atoms with Gasteiger partial charge in [0.15, 0.2) is 0 Å². The average molecular weight is 273 g/mol. The molecule has 0 aromatic heterocycles. The van der Waals surface area contributed by atoms with Crippen LogP contribution in [0.2, 0.25) is 0 Å². The van der Waals surface area contributed by atoms with E-state index < -0.39 is 0 Å². The van der Waals surface area contributed by atoms with Gasteiger partial charge in [-0.1, -0.05) is 51.1 Å². The molecule has 0 heterocycles. The summed E-state index contributed by atoms with van der Waals surface area (Å²) < 4.78 is 0. The molecule has 0 unspecified atom stereocenters.